The van der Waals surface area contributed by atoms with Gasteiger partial charge in [-0.25, -0.2) is 8.78 Å². The van der Waals surface area contributed by atoms with Crippen molar-refractivity contribution in [3.63, 3.8) is 0 Å². The van der Waals surface area contributed by atoms with E-state index in [2.05, 4.69) is 10.5 Å². The first-order valence-electron chi connectivity index (χ1n) is 15.1. The highest BCUT2D eigenvalue weighted by molar-refractivity contribution is 5.97. The van der Waals surface area contributed by atoms with Gasteiger partial charge in [0.15, 0.2) is 17.6 Å². The van der Waals surface area contributed by atoms with Crippen LogP contribution in [-0.4, -0.2) is 99.0 Å². The predicted molar refractivity (Wildman–Crippen MR) is 160 cm³/mol. The highest BCUT2D eigenvalue weighted by Crippen LogP contribution is 2.33. The fraction of sp³-hybridized carbons (Fsp3) is 0.500. The number of oxime groups is 1. The molecule has 6 N–H and O–H groups in total. The fourth-order valence-electron chi connectivity index (χ4n) is 5.80. The van der Waals surface area contributed by atoms with Gasteiger partial charge in [0.2, 0.25) is 12.2 Å². The third kappa shape index (κ3) is 7.56. The standard InChI is InChI=1S/C32H38F2N2O11/c1-4-22(18-7-6-17(33)11-19(18)34)47-36-15(3)29-21(38)12-24(46-29)45-23-8-5-16(10-20(23)37)9-14(2)32(42)35-25-26(39)28(41)31-30(27(25)40)43-13-44-31/h5-11,21-22,24-31,37-41H,4,12-13H2,1-3H3,(H,35,42)/b14-9+,36-15-/t21-,22?,24+,25+,26-,27+,28+,29+,30-,31+/m0/s1. The Kier molecular flexibility index (Phi) is 10.8. The molecule has 0 bridgehead atoms. The summed E-state index contributed by atoms with van der Waals surface area (Å²) in [6.45, 7) is 4.65. The number of phenolic OH excluding ortho intramolecular Hbond substituents is 1. The number of ether oxygens (including phenoxy) is 4. The van der Waals surface area contributed by atoms with Gasteiger partial charge in [-0.1, -0.05) is 18.1 Å². The molecule has 1 aliphatic carbocycles. The summed E-state index contributed by atoms with van der Waals surface area (Å²) < 4.78 is 49.6. The SMILES string of the molecule is CCC(O/N=C(/C)[C@H]1O[C@@H](Oc2ccc(/C=C(\C)C(=O)N[C@@H]3[C@H](O)[C@@H](O)[C@H]4OCO[C@H]4[C@@H]3O)cc2O)C[C@@H]1O)c1ccc(F)cc1F. The normalized spacial score (nSPS) is 31.7. The number of fused-ring (bicyclic) bond motifs is 1. The third-order valence-corrected chi connectivity index (χ3v) is 8.38. The number of hydrogen-bond donors (Lipinski definition) is 6. The Bertz CT molecular complexity index is 1510. The molecule has 3 fully saturated rings. The second-order valence-electron chi connectivity index (χ2n) is 11.7. The molecule has 1 saturated carbocycles. The minimum absolute atomic E-state index is 0.0357. The van der Waals surface area contributed by atoms with E-state index in [1.165, 1.54) is 31.2 Å². The van der Waals surface area contributed by atoms with Crippen LogP contribution in [0.3, 0.4) is 0 Å². The first kappa shape index (κ1) is 34.6. The summed E-state index contributed by atoms with van der Waals surface area (Å²) in [6.07, 6.45) is -7.88. The summed E-state index contributed by atoms with van der Waals surface area (Å²) >= 11 is 0. The van der Waals surface area contributed by atoms with Crippen molar-refractivity contribution in [1.82, 2.24) is 5.32 Å². The lowest BCUT2D eigenvalue weighted by Crippen LogP contribution is -2.67. The van der Waals surface area contributed by atoms with Crippen molar-refractivity contribution in [2.24, 2.45) is 5.16 Å². The van der Waals surface area contributed by atoms with Crippen LogP contribution in [0.2, 0.25) is 0 Å². The zero-order chi connectivity index (χ0) is 34.0. The number of hydrogen-bond acceptors (Lipinski definition) is 12. The number of carbonyl (C=O) groups excluding carboxylic acids is 1. The van der Waals surface area contributed by atoms with E-state index in [0.29, 0.717) is 12.0 Å². The summed E-state index contributed by atoms with van der Waals surface area (Å²) in [5, 5.41) is 59.1. The lowest BCUT2D eigenvalue weighted by molar-refractivity contribution is -0.155. The third-order valence-electron chi connectivity index (χ3n) is 8.38. The van der Waals surface area contributed by atoms with E-state index in [4.69, 9.17) is 23.8 Å². The number of phenols is 1. The van der Waals surface area contributed by atoms with Gasteiger partial charge >= 0.3 is 0 Å². The molecule has 0 radical (unpaired) electrons. The number of rotatable bonds is 10. The number of benzene rings is 2. The Labute approximate surface area is 269 Å². The number of aromatic hydroxyl groups is 1. The zero-order valence-electron chi connectivity index (χ0n) is 25.8. The van der Waals surface area contributed by atoms with Crippen molar-refractivity contribution in [2.45, 2.75) is 94.8 Å². The van der Waals surface area contributed by atoms with Crippen molar-refractivity contribution in [3.05, 3.63) is 64.7 Å². The average Bonchev–Trinajstić information content (AvgIpc) is 3.67. The van der Waals surface area contributed by atoms with E-state index in [1.807, 2.05) is 0 Å². The molecule has 15 heteroatoms. The molecule has 2 heterocycles. The number of aliphatic hydroxyl groups excluding tert-OH is 4. The monoisotopic (exact) mass is 664 g/mol. The quantitative estimate of drug-likeness (QED) is 0.123. The van der Waals surface area contributed by atoms with Gasteiger partial charge in [0, 0.05) is 23.6 Å². The summed E-state index contributed by atoms with van der Waals surface area (Å²) in [7, 11) is 0. The van der Waals surface area contributed by atoms with Gasteiger partial charge in [0.05, 0.1) is 17.9 Å². The van der Waals surface area contributed by atoms with Crippen LogP contribution in [-0.2, 0) is 23.8 Å². The summed E-state index contributed by atoms with van der Waals surface area (Å²) in [4.78, 5) is 18.4. The second kappa shape index (κ2) is 14.6. The molecule has 2 aromatic carbocycles. The van der Waals surface area contributed by atoms with E-state index in [9.17, 15) is 39.1 Å². The van der Waals surface area contributed by atoms with Crippen molar-refractivity contribution in [2.75, 3.05) is 6.79 Å². The van der Waals surface area contributed by atoms with Crippen LogP contribution in [0.5, 0.6) is 11.5 Å². The molecule has 2 aromatic rings. The fourth-order valence-corrected chi connectivity index (χ4v) is 5.80. The molecular weight excluding hydrogens is 626 g/mol. The molecule has 2 aliphatic heterocycles. The second-order valence-corrected chi connectivity index (χ2v) is 11.7. The molecule has 5 rings (SSSR count). The number of carbonyl (C=O) groups is 1. The lowest BCUT2D eigenvalue weighted by Gasteiger charge is -2.41. The molecule has 10 atom stereocenters. The van der Waals surface area contributed by atoms with Crippen LogP contribution >= 0.6 is 0 Å². The van der Waals surface area contributed by atoms with E-state index in [1.54, 1.807) is 19.9 Å². The van der Waals surface area contributed by atoms with Crippen LogP contribution in [0.15, 0.2) is 47.1 Å². The van der Waals surface area contributed by atoms with Crippen LogP contribution in [0.1, 0.15) is 50.8 Å². The maximum Gasteiger partial charge on any atom is 0.247 e. The summed E-state index contributed by atoms with van der Waals surface area (Å²) in [6, 6.07) is 6.32. The minimum atomic E-state index is -1.50. The molecule has 13 nitrogen and oxygen atoms in total. The van der Waals surface area contributed by atoms with Gasteiger partial charge in [0.25, 0.3) is 0 Å². The van der Waals surface area contributed by atoms with E-state index >= 15 is 0 Å². The Morgan fingerprint density at radius 3 is 2.47 bits per heavy atom. The van der Waals surface area contributed by atoms with Gasteiger partial charge < -0.3 is 54.6 Å². The predicted octanol–water partition coefficient (Wildman–Crippen LogP) is 1.79. The van der Waals surface area contributed by atoms with E-state index < -0.39 is 78.7 Å². The van der Waals surface area contributed by atoms with Crippen molar-refractivity contribution in [3.8, 4) is 11.5 Å². The smallest absolute Gasteiger partial charge is 0.247 e. The summed E-state index contributed by atoms with van der Waals surface area (Å²) in [5.41, 5.74) is 0.994. The molecule has 1 unspecified atom stereocenters. The molecule has 256 valence electrons. The molecule has 3 aliphatic rings. The molecule has 0 spiro atoms. The van der Waals surface area contributed by atoms with Gasteiger partial charge in [-0.05, 0) is 56.2 Å². The van der Waals surface area contributed by atoms with Crippen molar-refractivity contribution < 1.29 is 62.9 Å². The number of amides is 1. The number of halogens is 2. The van der Waals surface area contributed by atoms with Crippen LogP contribution in [0.4, 0.5) is 8.78 Å². The van der Waals surface area contributed by atoms with Crippen LogP contribution in [0.25, 0.3) is 6.08 Å². The maximum atomic E-state index is 14.2. The topological polar surface area (TPSA) is 189 Å². The average molecular weight is 665 g/mol. The van der Waals surface area contributed by atoms with Gasteiger partial charge in [-0.2, -0.15) is 0 Å². The van der Waals surface area contributed by atoms with E-state index in [0.717, 1.165) is 12.1 Å². The first-order valence-corrected chi connectivity index (χ1v) is 15.1. The van der Waals surface area contributed by atoms with Gasteiger partial charge in [-0.3, -0.25) is 4.79 Å². The van der Waals surface area contributed by atoms with Gasteiger partial charge in [0.1, 0.15) is 55.1 Å². The highest BCUT2D eigenvalue weighted by atomic mass is 19.1. The Morgan fingerprint density at radius 2 is 1.79 bits per heavy atom. The highest BCUT2D eigenvalue weighted by Gasteiger charge is 2.53. The molecule has 1 amide bonds. The van der Waals surface area contributed by atoms with Gasteiger partial charge in [-0.15, -0.1) is 0 Å². The van der Waals surface area contributed by atoms with E-state index in [-0.39, 0.29) is 41.6 Å². The number of aliphatic hydroxyl groups is 4. The lowest BCUT2D eigenvalue weighted by atomic mass is 9.83. The molecule has 0 aromatic heterocycles. The Morgan fingerprint density at radius 1 is 1.06 bits per heavy atom. The minimum Gasteiger partial charge on any atom is -0.504 e. The maximum absolute atomic E-state index is 14.2. The molecule has 2 saturated heterocycles. The Hall–Kier alpha value is -3.70. The van der Waals surface area contributed by atoms with Crippen LogP contribution < -0.4 is 10.1 Å². The van der Waals surface area contributed by atoms with Crippen molar-refractivity contribution in [1.29, 1.82) is 0 Å². The molecule has 47 heavy (non-hydrogen) atoms. The Balaban J connectivity index is 1.17. The van der Waals surface area contributed by atoms with Crippen molar-refractivity contribution >= 4 is 17.7 Å². The molecular formula is C32H38F2N2O11. The van der Waals surface area contributed by atoms with Crippen LogP contribution in [0, 0.1) is 11.6 Å². The number of nitrogens with zero attached hydrogens (tertiary/aromatic N) is 1. The summed E-state index contributed by atoms with van der Waals surface area (Å²) in [5.74, 6) is -2.34. The zero-order valence-corrected chi connectivity index (χ0v) is 25.8. The first-order chi connectivity index (χ1) is 22.4. The largest absolute Gasteiger partial charge is 0.504 e. The number of nitrogens with one attached hydrogen (secondary N) is 1.